The Labute approximate surface area is 340 Å². The number of rotatable bonds is 8. The Morgan fingerprint density at radius 2 is 0.879 bits per heavy atom. The van der Waals surface area contributed by atoms with E-state index in [0.29, 0.717) is 0 Å². The Balaban J connectivity index is 0.941. The first kappa shape index (κ1) is 33.9. The first-order valence-corrected chi connectivity index (χ1v) is 20.4. The molecule has 0 radical (unpaired) electrons. The number of furan rings is 1. The molecule has 0 aliphatic rings. The van der Waals surface area contributed by atoms with E-state index in [4.69, 9.17) is 4.42 Å². The van der Waals surface area contributed by atoms with E-state index in [0.717, 1.165) is 61.5 Å². The van der Waals surface area contributed by atoms with Crippen LogP contribution in [0.15, 0.2) is 223 Å². The summed E-state index contributed by atoms with van der Waals surface area (Å²) in [6.45, 7) is 0. The van der Waals surface area contributed by atoms with Crippen molar-refractivity contribution >= 4 is 87.6 Å². The van der Waals surface area contributed by atoms with E-state index in [-0.39, 0.29) is 0 Å². The fraction of sp³-hybridized carbons (Fsp3) is 0. The van der Waals surface area contributed by atoms with Gasteiger partial charge in [-0.3, -0.25) is 0 Å². The lowest BCUT2D eigenvalue weighted by Crippen LogP contribution is -2.09. The van der Waals surface area contributed by atoms with E-state index in [2.05, 4.69) is 216 Å². The molecule has 0 N–H and O–H groups in total. The quantitative estimate of drug-likeness (QED) is 0.154. The highest BCUT2D eigenvalue weighted by Crippen LogP contribution is 2.46. The van der Waals surface area contributed by atoms with Gasteiger partial charge >= 0.3 is 0 Å². The molecule has 0 amide bonds. The topological polar surface area (TPSA) is 19.6 Å². The minimum absolute atomic E-state index is 0.909. The van der Waals surface area contributed by atoms with Crippen LogP contribution in [0, 0.1) is 0 Å². The van der Waals surface area contributed by atoms with Crippen molar-refractivity contribution in [1.29, 1.82) is 0 Å². The van der Waals surface area contributed by atoms with Crippen LogP contribution in [0.5, 0.6) is 0 Å². The number of hydrogen-bond acceptors (Lipinski definition) is 4. The number of hydrogen-bond donors (Lipinski definition) is 0. The molecule has 0 fully saturated rings. The third kappa shape index (κ3) is 5.90. The molecule has 3 nitrogen and oxygen atoms in total. The van der Waals surface area contributed by atoms with Crippen molar-refractivity contribution in [3.63, 3.8) is 0 Å². The second-order valence-corrected chi connectivity index (χ2v) is 15.6. The maximum atomic E-state index is 6.38. The van der Waals surface area contributed by atoms with E-state index in [1.165, 1.54) is 37.0 Å². The number of thiophene rings is 1. The van der Waals surface area contributed by atoms with Gasteiger partial charge in [0.05, 0.1) is 5.69 Å². The summed E-state index contributed by atoms with van der Waals surface area (Å²) < 4.78 is 8.92. The minimum atomic E-state index is 0.909. The van der Waals surface area contributed by atoms with Gasteiger partial charge in [-0.05, 0) is 102 Å². The Hall–Kier alpha value is -7.40. The van der Waals surface area contributed by atoms with Crippen molar-refractivity contribution in [2.45, 2.75) is 0 Å². The lowest BCUT2D eigenvalue weighted by molar-refractivity contribution is 0.670. The van der Waals surface area contributed by atoms with Crippen LogP contribution in [0.1, 0.15) is 0 Å². The number of nitrogens with zero attached hydrogens (tertiary/aromatic N) is 2. The lowest BCUT2D eigenvalue weighted by Gasteiger charge is -2.26. The molecule has 0 saturated heterocycles. The largest absolute Gasteiger partial charge is 0.455 e. The number of benzene rings is 9. The molecule has 0 bridgehead atoms. The zero-order valence-corrected chi connectivity index (χ0v) is 32.3. The van der Waals surface area contributed by atoms with Gasteiger partial charge in [-0.25, -0.2) is 0 Å². The molecule has 2 aromatic heterocycles. The Morgan fingerprint density at radius 1 is 0.345 bits per heavy atom. The molecule has 0 spiro atoms. The van der Waals surface area contributed by atoms with Crippen LogP contribution in [0.25, 0.3) is 64.4 Å². The van der Waals surface area contributed by atoms with Crippen molar-refractivity contribution in [2.24, 2.45) is 0 Å². The van der Waals surface area contributed by atoms with Crippen LogP contribution in [0.4, 0.5) is 34.1 Å². The molecule has 274 valence electrons. The summed E-state index contributed by atoms with van der Waals surface area (Å²) in [6, 6.07) is 77.9. The lowest BCUT2D eigenvalue weighted by atomic mass is 10.0. The molecule has 0 saturated carbocycles. The fourth-order valence-corrected chi connectivity index (χ4v) is 9.51. The molecule has 0 atom stereocenters. The van der Waals surface area contributed by atoms with Gasteiger partial charge in [-0.2, -0.15) is 0 Å². The first-order chi connectivity index (χ1) is 28.8. The van der Waals surface area contributed by atoms with Gasteiger partial charge in [0, 0.05) is 64.9 Å². The summed E-state index contributed by atoms with van der Waals surface area (Å²) >= 11 is 1.86. The maximum absolute atomic E-state index is 6.38. The summed E-state index contributed by atoms with van der Waals surface area (Å²) in [5, 5.41) is 4.82. The minimum Gasteiger partial charge on any atom is -0.455 e. The van der Waals surface area contributed by atoms with Crippen LogP contribution in [-0.4, -0.2) is 0 Å². The SMILES string of the molecule is c1ccc(N(c2ccc(-c3ccc4c(c3)sc3cccc(N(c5ccccc5)c5ccccc5)c34)cc2)c2ccc(-c3cccc4c3oc3ccccc34)cc2)cc1. The zero-order chi connectivity index (χ0) is 38.4. The monoisotopic (exact) mass is 760 g/mol. The molecule has 0 unspecified atom stereocenters. The van der Waals surface area contributed by atoms with E-state index < -0.39 is 0 Å². The molecule has 0 aliphatic carbocycles. The van der Waals surface area contributed by atoms with E-state index in [9.17, 15) is 0 Å². The molecule has 9 aromatic carbocycles. The third-order valence-electron chi connectivity index (χ3n) is 11.1. The van der Waals surface area contributed by atoms with Crippen LogP contribution in [0.2, 0.25) is 0 Å². The second kappa shape index (κ2) is 14.3. The molecule has 0 aliphatic heterocycles. The predicted molar refractivity (Wildman–Crippen MR) is 247 cm³/mol. The Kier molecular flexibility index (Phi) is 8.34. The third-order valence-corrected chi connectivity index (χ3v) is 12.2. The van der Waals surface area contributed by atoms with Gasteiger partial charge in [-0.15, -0.1) is 11.3 Å². The normalized spacial score (nSPS) is 11.4. The highest BCUT2D eigenvalue weighted by atomic mass is 32.1. The van der Waals surface area contributed by atoms with Crippen molar-refractivity contribution in [3.05, 3.63) is 218 Å². The van der Waals surface area contributed by atoms with Crippen LogP contribution < -0.4 is 9.80 Å². The highest BCUT2D eigenvalue weighted by molar-refractivity contribution is 7.26. The van der Waals surface area contributed by atoms with Crippen molar-refractivity contribution in [1.82, 2.24) is 0 Å². The molecule has 58 heavy (non-hydrogen) atoms. The van der Waals surface area contributed by atoms with E-state index >= 15 is 0 Å². The molecule has 11 aromatic rings. The van der Waals surface area contributed by atoms with Crippen LogP contribution in [0.3, 0.4) is 0 Å². The summed E-state index contributed by atoms with van der Waals surface area (Å²) in [5.74, 6) is 0. The van der Waals surface area contributed by atoms with Crippen LogP contribution >= 0.6 is 11.3 Å². The van der Waals surface area contributed by atoms with Crippen LogP contribution in [-0.2, 0) is 0 Å². The van der Waals surface area contributed by atoms with E-state index in [1.54, 1.807) is 0 Å². The number of fused-ring (bicyclic) bond motifs is 6. The second-order valence-electron chi connectivity index (χ2n) is 14.5. The summed E-state index contributed by atoms with van der Waals surface area (Å²) in [4.78, 5) is 4.69. The van der Waals surface area contributed by atoms with Gasteiger partial charge in [0.15, 0.2) is 0 Å². The molecular weight excluding hydrogens is 725 g/mol. The van der Waals surface area contributed by atoms with Gasteiger partial charge < -0.3 is 14.2 Å². The van der Waals surface area contributed by atoms with Crippen molar-refractivity contribution in [3.8, 4) is 22.3 Å². The van der Waals surface area contributed by atoms with Gasteiger partial charge in [0.25, 0.3) is 0 Å². The van der Waals surface area contributed by atoms with Crippen molar-refractivity contribution < 1.29 is 4.42 Å². The molecule has 2 heterocycles. The average molecular weight is 761 g/mol. The Morgan fingerprint density at radius 3 is 1.55 bits per heavy atom. The molecule has 4 heteroatoms. The predicted octanol–water partition coefficient (Wildman–Crippen LogP) is 16.2. The smallest absolute Gasteiger partial charge is 0.143 e. The average Bonchev–Trinajstić information content (AvgIpc) is 3.87. The standard InChI is InChI=1S/C54H36N2OS/c1-4-14-40(15-5-1)55(44-33-28-38(29-34-44)45-21-12-22-47-46-20-10-11-24-50(46)57-54(45)47)43-31-26-37(27-32-43)39-30-35-48-52(36-39)58-51-25-13-23-49(53(48)51)56(41-16-6-2-7-17-41)42-18-8-3-9-19-42/h1-36H. The summed E-state index contributed by atoms with van der Waals surface area (Å²) in [7, 11) is 0. The van der Waals surface area contributed by atoms with Crippen molar-refractivity contribution in [2.75, 3.05) is 9.80 Å². The maximum Gasteiger partial charge on any atom is 0.143 e. The number of para-hydroxylation sites is 5. The first-order valence-electron chi connectivity index (χ1n) is 19.6. The van der Waals surface area contributed by atoms with E-state index in [1.807, 2.05) is 23.5 Å². The zero-order valence-electron chi connectivity index (χ0n) is 31.5. The Bertz CT molecular complexity index is 3170. The van der Waals surface area contributed by atoms with Gasteiger partial charge in [0.1, 0.15) is 11.2 Å². The number of anilines is 6. The highest BCUT2D eigenvalue weighted by Gasteiger charge is 2.19. The molecular formula is C54H36N2OS. The van der Waals surface area contributed by atoms with Gasteiger partial charge in [0.2, 0.25) is 0 Å². The summed E-state index contributed by atoms with van der Waals surface area (Å²) in [5.41, 5.74) is 13.2. The molecule has 11 rings (SSSR count). The van der Waals surface area contributed by atoms with Gasteiger partial charge in [-0.1, -0.05) is 133 Å². The fourth-order valence-electron chi connectivity index (χ4n) is 8.35. The summed E-state index contributed by atoms with van der Waals surface area (Å²) in [6.07, 6.45) is 0.